The fourth-order valence-corrected chi connectivity index (χ4v) is 4.68. The van der Waals surface area contributed by atoms with Crippen LogP contribution in [0.5, 0.6) is 0 Å². The summed E-state index contributed by atoms with van der Waals surface area (Å²) < 4.78 is 29.6. The van der Waals surface area contributed by atoms with Crippen LogP contribution in [0, 0.1) is 6.92 Å². The first-order valence-electron chi connectivity index (χ1n) is 11.8. The topological polar surface area (TPSA) is 136 Å². The zero-order valence-corrected chi connectivity index (χ0v) is 21.3. The van der Waals surface area contributed by atoms with Crippen LogP contribution in [0.25, 0.3) is 0 Å². The molecule has 0 amide bonds. The maximum absolute atomic E-state index is 12.4. The van der Waals surface area contributed by atoms with Crippen molar-refractivity contribution in [2.45, 2.75) is 31.2 Å². The number of benzene rings is 1. The van der Waals surface area contributed by atoms with Crippen LogP contribution in [0.1, 0.15) is 23.4 Å². The molecule has 192 valence electrons. The van der Waals surface area contributed by atoms with E-state index in [1.54, 1.807) is 24.5 Å². The number of aromatic amines is 1. The minimum Gasteiger partial charge on any atom is -0.359 e. The number of nitrogens with one attached hydrogen (secondary N) is 1. The normalized spacial score (nSPS) is 16.2. The summed E-state index contributed by atoms with van der Waals surface area (Å²) >= 11 is 0. The van der Waals surface area contributed by atoms with Crippen molar-refractivity contribution in [2.75, 3.05) is 49.6 Å². The van der Waals surface area contributed by atoms with Crippen molar-refractivity contribution in [3.63, 3.8) is 0 Å². The van der Waals surface area contributed by atoms with Gasteiger partial charge in [0, 0.05) is 52.2 Å². The molecule has 0 aliphatic carbocycles. The molecule has 0 radical (unpaired) electrons. The SMILES string of the molecule is CN1CCCc2c1nc(N1CCN(Cc3ncccn3)CC1)[nH]c2=O.Cc1ccc(S(=O)(=O)O)cc1. The number of nitrogens with zero attached hydrogens (tertiary/aromatic N) is 6. The van der Waals surface area contributed by atoms with E-state index in [2.05, 4.69) is 29.7 Å². The van der Waals surface area contributed by atoms with Crippen LogP contribution >= 0.6 is 0 Å². The molecule has 0 spiro atoms. The summed E-state index contributed by atoms with van der Waals surface area (Å²) in [5.74, 6) is 2.37. The highest BCUT2D eigenvalue weighted by Crippen LogP contribution is 2.23. The molecular weight excluding hydrogens is 482 g/mol. The fourth-order valence-electron chi connectivity index (χ4n) is 4.20. The molecule has 2 N–H and O–H groups in total. The Labute approximate surface area is 210 Å². The minimum atomic E-state index is -4.02. The molecule has 11 nitrogen and oxygen atoms in total. The standard InChI is InChI=1S/C17H23N7O.C7H8O3S/c1-22-7-2-4-13-15(22)20-17(21-16(13)25)24-10-8-23(9-11-24)12-14-18-5-3-6-19-14;1-6-2-4-7(5-3-6)11(8,9)10/h3,5-6H,2,4,7-12H2,1H3,(H,20,21,25);2-5H,1H3,(H,8,9,10). The molecule has 4 heterocycles. The number of anilines is 2. The van der Waals surface area contributed by atoms with E-state index in [4.69, 9.17) is 9.54 Å². The molecule has 2 aliphatic rings. The number of hydrogen-bond acceptors (Lipinski definition) is 9. The molecule has 0 saturated carbocycles. The predicted molar refractivity (Wildman–Crippen MR) is 137 cm³/mol. The van der Waals surface area contributed by atoms with Gasteiger partial charge in [-0.1, -0.05) is 17.7 Å². The number of aromatic nitrogens is 4. The average molecular weight is 514 g/mol. The fraction of sp³-hybridized carbons (Fsp3) is 0.417. The molecule has 1 fully saturated rings. The number of H-pyrrole nitrogens is 1. The lowest BCUT2D eigenvalue weighted by Crippen LogP contribution is -2.47. The van der Waals surface area contributed by atoms with E-state index in [0.717, 1.165) is 74.9 Å². The van der Waals surface area contributed by atoms with Gasteiger partial charge in [0.05, 0.1) is 17.0 Å². The lowest BCUT2D eigenvalue weighted by Gasteiger charge is -2.35. The van der Waals surface area contributed by atoms with Crippen LogP contribution in [0.2, 0.25) is 0 Å². The third-order valence-corrected chi connectivity index (χ3v) is 7.11. The van der Waals surface area contributed by atoms with Crippen LogP contribution < -0.4 is 15.4 Å². The van der Waals surface area contributed by atoms with Gasteiger partial charge in [-0.3, -0.25) is 19.2 Å². The quantitative estimate of drug-likeness (QED) is 0.494. The van der Waals surface area contributed by atoms with Crippen molar-refractivity contribution in [1.82, 2.24) is 24.8 Å². The molecule has 0 bridgehead atoms. The summed E-state index contributed by atoms with van der Waals surface area (Å²) in [7, 11) is -2.01. The monoisotopic (exact) mass is 513 g/mol. The highest BCUT2D eigenvalue weighted by Gasteiger charge is 2.24. The number of rotatable bonds is 4. The second-order valence-electron chi connectivity index (χ2n) is 8.93. The molecule has 3 aromatic rings. The van der Waals surface area contributed by atoms with E-state index in [-0.39, 0.29) is 10.5 Å². The largest absolute Gasteiger partial charge is 0.359 e. The summed E-state index contributed by atoms with van der Waals surface area (Å²) in [6.07, 6.45) is 5.37. The molecule has 5 rings (SSSR count). The molecular formula is C24H31N7O4S. The van der Waals surface area contributed by atoms with Gasteiger partial charge in [-0.2, -0.15) is 13.4 Å². The van der Waals surface area contributed by atoms with E-state index >= 15 is 0 Å². The molecule has 2 aliphatic heterocycles. The Morgan fingerprint density at radius 1 is 1.03 bits per heavy atom. The lowest BCUT2D eigenvalue weighted by atomic mass is 10.1. The Hall–Kier alpha value is -3.35. The van der Waals surface area contributed by atoms with Gasteiger partial charge in [-0.05, 0) is 38.0 Å². The maximum atomic E-state index is 12.4. The van der Waals surface area contributed by atoms with E-state index in [9.17, 15) is 13.2 Å². The first-order valence-corrected chi connectivity index (χ1v) is 13.3. The first kappa shape index (κ1) is 25.7. The van der Waals surface area contributed by atoms with Crippen molar-refractivity contribution in [2.24, 2.45) is 0 Å². The van der Waals surface area contributed by atoms with Crippen LogP contribution in [-0.2, 0) is 23.1 Å². The van der Waals surface area contributed by atoms with Gasteiger partial charge in [0.25, 0.3) is 15.7 Å². The maximum Gasteiger partial charge on any atom is 0.294 e. The number of hydrogen-bond donors (Lipinski definition) is 2. The third-order valence-electron chi connectivity index (χ3n) is 6.24. The van der Waals surface area contributed by atoms with Crippen molar-refractivity contribution in [1.29, 1.82) is 0 Å². The zero-order valence-electron chi connectivity index (χ0n) is 20.5. The van der Waals surface area contributed by atoms with Crippen LogP contribution in [-0.4, -0.2) is 77.6 Å². The van der Waals surface area contributed by atoms with Crippen molar-refractivity contribution in [3.8, 4) is 0 Å². The Morgan fingerprint density at radius 3 is 2.33 bits per heavy atom. The molecule has 2 aromatic heterocycles. The summed E-state index contributed by atoms with van der Waals surface area (Å²) in [6, 6.07) is 7.82. The first-order chi connectivity index (χ1) is 17.2. The zero-order chi connectivity index (χ0) is 25.7. The van der Waals surface area contributed by atoms with Gasteiger partial charge in [0.1, 0.15) is 11.6 Å². The van der Waals surface area contributed by atoms with Crippen LogP contribution in [0.3, 0.4) is 0 Å². The highest BCUT2D eigenvalue weighted by atomic mass is 32.2. The van der Waals surface area contributed by atoms with Gasteiger partial charge in [-0.25, -0.2) is 9.97 Å². The number of piperazine rings is 1. The summed E-state index contributed by atoms with van der Waals surface area (Å²) in [5, 5.41) is 0. The molecule has 0 unspecified atom stereocenters. The van der Waals surface area contributed by atoms with Crippen LogP contribution in [0.15, 0.2) is 52.4 Å². The lowest BCUT2D eigenvalue weighted by molar-refractivity contribution is 0.243. The molecule has 36 heavy (non-hydrogen) atoms. The smallest absolute Gasteiger partial charge is 0.294 e. The summed E-state index contributed by atoms with van der Waals surface area (Å²) in [4.78, 5) is 35.2. The van der Waals surface area contributed by atoms with Gasteiger partial charge < -0.3 is 9.80 Å². The van der Waals surface area contributed by atoms with Crippen LogP contribution in [0.4, 0.5) is 11.8 Å². The second-order valence-corrected chi connectivity index (χ2v) is 10.4. The molecule has 1 aromatic carbocycles. The summed E-state index contributed by atoms with van der Waals surface area (Å²) in [6.45, 7) is 7.01. The Bertz CT molecular complexity index is 1320. The van der Waals surface area contributed by atoms with Gasteiger partial charge in [0.2, 0.25) is 5.95 Å². The molecule has 0 atom stereocenters. The van der Waals surface area contributed by atoms with E-state index < -0.39 is 10.1 Å². The number of fused-ring (bicyclic) bond motifs is 1. The highest BCUT2D eigenvalue weighted by molar-refractivity contribution is 7.85. The minimum absolute atomic E-state index is 0.00617. The van der Waals surface area contributed by atoms with Crippen molar-refractivity contribution < 1.29 is 13.0 Å². The van der Waals surface area contributed by atoms with E-state index in [0.29, 0.717) is 5.95 Å². The average Bonchev–Trinajstić information content (AvgIpc) is 2.86. The Kier molecular flexibility index (Phi) is 7.97. The Morgan fingerprint density at radius 2 is 1.69 bits per heavy atom. The molecule has 12 heteroatoms. The Balaban J connectivity index is 0.000000233. The second kappa shape index (κ2) is 11.1. The van der Waals surface area contributed by atoms with E-state index in [1.807, 2.05) is 20.0 Å². The number of aryl methyl sites for hydroxylation is 1. The third kappa shape index (κ3) is 6.45. The molecule has 1 saturated heterocycles. The van der Waals surface area contributed by atoms with Crippen molar-refractivity contribution in [3.05, 3.63) is 70.0 Å². The van der Waals surface area contributed by atoms with Gasteiger partial charge in [-0.15, -0.1) is 0 Å². The van der Waals surface area contributed by atoms with Gasteiger partial charge in [0.15, 0.2) is 0 Å². The predicted octanol–water partition coefficient (Wildman–Crippen LogP) is 1.51. The summed E-state index contributed by atoms with van der Waals surface area (Å²) in [5.41, 5.74) is 1.78. The van der Waals surface area contributed by atoms with Crippen molar-refractivity contribution >= 4 is 21.9 Å². The van der Waals surface area contributed by atoms with E-state index in [1.165, 1.54) is 12.1 Å². The van der Waals surface area contributed by atoms with Gasteiger partial charge >= 0.3 is 0 Å².